The number of carboxylic acids is 1. The molecule has 5 heteroatoms. The van der Waals surface area contributed by atoms with Crippen LogP contribution in [0, 0.1) is 6.92 Å². The van der Waals surface area contributed by atoms with Gasteiger partial charge in [0.2, 0.25) is 0 Å². The van der Waals surface area contributed by atoms with Crippen molar-refractivity contribution in [2.75, 3.05) is 7.11 Å². The van der Waals surface area contributed by atoms with Crippen LogP contribution in [0.5, 0.6) is 0 Å². The number of rotatable bonds is 3. The van der Waals surface area contributed by atoms with E-state index >= 15 is 0 Å². The second-order valence-corrected chi connectivity index (χ2v) is 2.32. The fraction of sp³-hybridized carbons (Fsp3) is 0.429. The lowest BCUT2D eigenvalue weighted by Crippen LogP contribution is -2.13. The molecular formula is C7H9NO4. The molecule has 1 unspecified atom stereocenters. The first-order valence-corrected chi connectivity index (χ1v) is 3.34. The molecule has 1 rings (SSSR count). The van der Waals surface area contributed by atoms with E-state index in [1.54, 1.807) is 6.92 Å². The number of nitrogens with zero attached hydrogens (tertiary/aromatic N) is 1. The highest BCUT2D eigenvalue weighted by Gasteiger charge is 2.22. The van der Waals surface area contributed by atoms with Crippen LogP contribution in [0.3, 0.4) is 0 Å². The Bertz CT molecular complexity index is 281. The van der Waals surface area contributed by atoms with E-state index in [0.29, 0.717) is 5.76 Å². The first kappa shape index (κ1) is 8.73. The maximum atomic E-state index is 10.5. The molecule has 0 fully saturated rings. The summed E-state index contributed by atoms with van der Waals surface area (Å²) < 4.78 is 9.39. The van der Waals surface area contributed by atoms with E-state index < -0.39 is 12.1 Å². The van der Waals surface area contributed by atoms with Gasteiger partial charge in [0.05, 0.1) is 0 Å². The molecule has 66 valence electrons. The van der Waals surface area contributed by atoms with E-state index in [-0.39, 0.29) is 5.69 Å². The average molecular weight is 171 g/mol. The predicted molar refractivity (Wildman–Crippen MR) is 38.6 cm³/mol. The Labute approximate surface area is 68.9 Å². The zero-order chi connectivity index (χ0) is 9.14. The minimum Gasteiger partial charge on any atom is -0.479 e. The molecule has 12 heavy (non-hydrogen) atoms. The Kier molecular flexibility index (Phi) is 2.44. The average Bonchev–Trinajstić information content (AvgIpc) is 2.37. The maximum Gasteiger partial charge on any atom is 0.339 e. The molecule has 0 aliphatic rings. The van der Waals surface area contributed by atoms with Gasteiger partial charge in [-0.05, 0) is 6.92 Å². The van der Waals surface area contributed by atoms with Gasteiger partial charge in [0, 0.05) is 13.2 Å². The van der Waals surface area contributed by atoms with Crippen LogP contribution in [0.2, 0.25) is 0 Å². The first-order valence-electron chi connectivity index (χ1n) is 3.34. The molecular weight excluding hydrogens is 162 g/mol. The van der Waals surface area contributed by atoms with Gasteiger partial charge in [0.1, 0.15) is 11.5 Å². The molecule has 1 aromatic rings. The van der Waals surface area contributed by atoms with Crippen molar-refractivity contribution in [2.45, 2.75) is 13.0 Å². The molecule has 0 aliphatic heterocycles. The van der Waals surface area contributed by atoms with Crippen molar-refractivity contribution in [3.63, 3.8) is 0 Å². The van der Waals surface area contributed by atoms with Crippen molar-refractivity contribution in [2.24, 2.45) is 0 Å². The lowest BCUT2D eigenvalue weighted by atomic mass is 10.2. The van der Waals surface area contributed by atoms with Crippen LogP contribution in [0.15, 0.2) is 10.6 Å². The summed E-state index contributed by atoms with van der Waals surface area (Å²) in [6.45, 7) is 1.69. The highest BCUT2D eigenvalue weighted by atomic mass is 16.5. The Morgan fingerprint density at radius 2 is 2.50 bits per heavy atom. The molecule has 0 amide bonds. The molecule has 0 radical (unpaired) electrons. The standard InChI is InChI=1S/C7H9NO4/c1-4-3-5(8-12-4)6(11-2)7(9)10/h3,6H,1-2H3,(H,9,10). The van der Waals surface area contributed by atoms with Gasteiger partial charge in [-0.3, -0.25) is 0 Å². The predicted octanol–water partition coefficient (Wildman–Crippen LogP) is 0.755. The first-order chi connectivity index (χ1) is 5.65. The number of methoxy groups -OCH3 is 1. The number of hydrogen-bond acceptors (Lipinski definition) is 4. The zero-order valence-electron chi connectivity index (χ0n) is 6.77. The van der Waals surface area contributed by atoms with Crippen molar-refractivity contribution in [1.29, 1.82) is 0 Å². The van der Waals surface area contributed by atoms with Crippen LogP contribution in [-0.2, 0) is 9.53 Å². The van der Waals surface area contributed by atoms with Crippen molar-refractivity contribution in [3.8, 4) is 0 Å². The molecule has 1 N–H and O–H groups in total. The SMILES string of the molecule is COC(C(=O)O)c1cc(C)on1. The Morgan fingerprint density at radius 1 is 1.83 bits per heavy atom. The van der Waals surface area contributed by atoms with E-state index in [4.69, 9.17) is 9.63 Å². The molecule has 0 aliphatic carbocycles. The highest BCUT2D eigenvalue weighted by Crippen LogP contribution is 2.15. The van der Waals surface area contributed by atoms with Gasteiger partial charge < -0.3 is 14.4 Å². The van der Waals surface area contributed by atoms with E-state index in [2.05, 4.69) is 9.89 Å². The van der Waals surface area contributed by atoms with Crippen molar-refractivity contribution < 1.29 is 19.2 Å². The summed E-state index contributed by atoms with van der Waals surface area (Å²) in [5.74, 6) is -0.515. The summed E-state index contributed by atoms with van der Waals surface area (Å²) in [6, 6.07) is 1.53. The van der Waals surface area contributed by atoms with Gasteiger partial charge in [0.15, 0.2) is 6.10 Å². The molecule has 1 aromatic heterocycles. The molecule has 0 saturated carbocycles. The fourth-order valence-corrected chi connectivity index (χ4v) is 0.857. The topological polar surface area (TPSA) is 72.6 Å². The highest BCUT2D eigenvalue weighted by molar-refractivity contribution is 5.73. The number of aromatic nitrogens is 1. The normalized spacial score (nSPS) is 12.8. The van der Waals surface area contributed by atoms with Crippen LogP contribution in [-0.4, -0.2) is 23.3 Å². The number of ether oxygens (including phenoxy) is 1. The molecule has 1 atom stereocenters. The maximum absolute atomic E-state index is 10.5. The van der Waals surface area contributed by atoms with Crippen LogP contribution in [0.1, 0.15) is 17.6 Å². The molecule has 0 bridgehead atoms. The Morgan fingerprint density at radius 3 is 2.83 bits per heavy atom. The summed E-state index contributed by atoms with van der Waals surface area (Å²) in [7, 11) is 1.31. The fourth-order valence-electron chi connectivity index (χ4n) is 0.857. The van der Waals surface area contributed by atoms with Crippen LogP contribution < -0.4 is 0 Å². The molecule has 0 aromatic carbocycles. The van der Waals surface area contributed by atoms with Crippen LogP contribution in [0.25, 0.3) is 0 Å². The number of hydrogen-bond donors (Lipinski definition) is 1. The van der Waals surface area contributed by atoms with Gasteiger partial charge in [0.25, 0.3) is 0 Å². The minimum atomic E-state index is -1.08. The second kappa shape index (κ2) is 3.36. The summed E-state index contributed by atoms with van der Waals surface area (Å²) in [6.07, 6.45) is -1.04. The third-order valence-corrected chi connectivity index (χ3v) is 1.37. The third-order valence-electron chi connectivity index (χ3n) is 1.37. The number of aryl methyl sites for hydroxylation is 1. The van der Waals surface area contributed by atoms with Crippen LogP contribution >= 0.6 is 0 Å². The summed E-state index contributed by atoms with van der Waals surface area (Å²) >= 11 is 0. The molecule has 1 heterocycles. The van der Waals surface area contributed by atoms with Crippen molar-refractivity contribution in [1.82, 2.24) is 5.16 Å². The van der Waals surface area contributed by atoms with Crippen LogP contribution in [0.4, 0.5) is 0 Å². The van der Waals surface area contributed by atoms with E-state index in [9.17, 15) is 4.79 Å². The van der Waals surface area contributed by atoms with Gasteiger partial charge in [-0.15, -0.1) is 0 Å². The lowest BCUT2D eigenvalue weighted by molar-refractivity contribution is -0.149. The number of aliphatic carboxylic acids is 1. The molecule has 5 nitrogen and oxygen atoms in total. The smallest absolute Gasteiger partial charge is 0.339 e. The minimum absolute atomic E-state index is 0.280. The van der Waals surface area contributed by atoms with Gasteiger partial charge in [-0.25, -0.2) is 4.79 Å². The second-order valence-electron chi connectivity index (χ2n) is 2.32. The van der Waals surface area contributed by atoms with Gasteiger partial charge >= 0.3 is 5.97 Å². The van der Waals surface area contributed by atoms with E-state index in [1.807, 2.05) is 0 Å². The Balaban J connectivity index is 2.87. The van der Waals surface area contributed by atoms with Crippen molar-refractivity contribution in [3.05, 3.63) is 17.5 Å². The van der Waals surface area contributed by atoms with E-state index in [0.717, 1.165) is 0 Å². The summed E-state index contributed by atoms with van der Waals surface area (Å²) in [5, 5.41) is 12.2. The van der Waals surface area contributed by atoms with Crippen molar-refractivity contribution >= 4 is 5.97 Å². The zero-order valence-corrected chi connectivity index (χ0v) is 6.77. The van der Waals surface area contributed by atoms with Gasteiger partial charge in [-0.1, -0.05) is 5.16 Å². The largest absolute Gasteiger partial charge is 0.479 e. The summed E-state index contributed by atoms with van der Waals surface area (Å²) in [4.78, 5) is 10.5. The Hall–Kier alpha value is -1.36. The molecule has 0 spiro atoms. The lowest BCUT2D eigenvalue weighted by Gasteiger charge is -2.04. The molecule has 0 saturated heterocycles. The monoisotopic (exact) mass is 171 g/mol. The number of carboxylic acid groups (broad SMARTS) is 1. The quantitative estimate of drug-likeness (QED) is 0.726. The number of carbonyl (C=O) groups is 1. The van der Waals surface area contributed by atoms with Gasteiger partial charge in [-0.2, -0.15) is 0 Å². The third kappa shape index (κ3) is 1.62. The summed E-state index contributed by atoms with van der Waals surface area (Å²) in [5.41, 5.74) is 0.280. The van der Waals surface area contributed by atoms with E-state index in [1.165, 1.54) is 13.2 Å².